The summed E-state index contributed by atoms with van der Waals surface area (Å²) in [6.45, 7) is 0.497. The summed E-state index contributed by atoms with van der Waals surface area (Å²) in [6.07, 6.45) is 3.04. The molecule has 3 aromatic rings. The van der Waals surface area contributed by atoms with E-state index in [1.54, 1.807) is 25.1 Å². The van der Waals surface area contributed by atoms with Crippen LogP contribution in [0.15, 0.2) is 39.5 Å². The number of benzene rings is 2. The van der Waals surface area contributed by atoms with E-state index in [1.807, 2.05) is 0 Å². The fourth-order valence-electron chi connectivity index (χ4n) is 3.41. The second-order valence-corrected chi connectivity index (χ2v) is 7.52. The van der Waals surface area contributed by atoms with Gasteiger partial charge in [-0.15, -0.1) is 0 Å². The molecule has 0 radical (unpaired) electrons. The largest absolute Gasteiger partial charge is 0.453 e. The van der Waals surface area contributed by atoms with Crippen LogP contribution in [0, 0.1) is 17.5 Å². The first kappa shape index (κ1) is 22.7. The average Bonchev–Trinajstić information content (AvgIpc) is 2.72. The molecular formula is C23H25F3N2O3. The van der Waals surface area contributed by atoms with E-state index in [4.69, 9.17) is 9.52 Å². The van der Waals surface area contributed by atoms with Crippen molar-refractivity contribution in [2.24, 2.45) is 0 Å². The van der Waals surface area contributed by atoms with E-state index in [2.05, 4.69) is 5.32 Å². The molecule has 31 heavy (non-hydrogen) atoms. The molecule has 1 aromatic heterocycles. The van der Waals surface area contributed by atoms with Crippen LogP contribution < -0.4 is 15.6 Å². The van der Waals surface area contributed by atoms with E-state index < -0.39 is 22.9 Å². The summed E-state index contributed by atoms with van der Waals surface area (Å²) in [5.74, 6) is -2.43. The molecule has 2 N–H and O–H groups in total. The molecule has 0 aliphatic heterocycles. The van der Waals surface area contributed by atoms with Crippen LogP contribution in [0.5, 0.6) is 0 Å². The number of aliphatic hydroxyl groups excluding tert-OH is 1. The maximum Gasteiger partial charge on any atom is 0.195 e. The first-order chi connectivity index (χ1) is 14.8. The molecule has 0 aliphatic carbocycles. The fourth-order valence-corrected chi connectivity index (χ4v) is 3.41. The van der Waals surface area contributed by atoms with Crippen molar-refractivity contribution >= 4 is 22.3 Å². The minimum Gasteiger partial charge on any atom is -0.453 e. The number of nitrogens with zero attached hydrogens (tertiary/aromatic N) is 1. The van der Waals surface area contributed by atoms with Crippen LogP contribution in [0.4, 0.5) is 24.5 Å². The molecule has 5 nitrogen and oxygen atoms in total. The van der Waals surface area contributed by atoms with Crippen LogP contribution in [-0.4, -0.2) is 32.4 Å². The van der Waals surface area contributed by atoms with E-state index in [9.17, 15) is 18.0 Å². The number of halogens is 3. The Labute approximate surface area is 178 Å². The molecule has 0 aliphatic rings. The van der Waals surface area contributed by atoms with Crippen molar-refractivity contribution in [2.45, 2.75) is 25.7 Å². The van der Waals surface area contributed by atoms with Gasteiger partial charge in [0.05, 0.1) is 16.8 Å². The van der Waals surface area contributed by atoms with E-state index in [0.717, 1.165) is 18.9 Å². The van der Waals surface area contributed by atoms with Crippen LogP contribution in [0.25, 0.3) is 22.3 Å². The Kier molecular flexibility index (Phi) is 7.22. The zero-order valence-corrected chi connectivity index (χ0v) is 17.5. The van der Waals surface area contributed by atoms with E-state index in [-0.39, 0.29) is 34.6 Å². The van der Waals surface area contributed by atoms with Gasteiger partial charge in [-0.05, 0) is 31.0 Å². The highest BCUT2D eigenvalue weighted by Gasteiger charge is 2.19. The first-order valence-electron chi connectivity index (χ1n) is 10.1. The van der Waals surface area contributed by atoms with Gasteiger partial charge in [-0.3, -0.25) is 4.79 Å². The Morgan fingerprint density at radius 2 is 1.71 bits per heavy atom. The number of aliphatic hydroxyl groups is 1. The third-order valence-corrected chi connectivity index (χ3v) is 5.01. The van der Waals surface area contributed by atoms with Gasteiger partial charge < -0.3 is 19.7 Å². The third kappa shape index (κ3) is 5.02. The highest BCUT2D eigenvalue weighted by Crippen LogP contribution is 2.31. The minimum absolute atomic E-state index is 0.0119. The number of unbranched alkanes of at least 4 members (excludes halogenated alkanes) is 3. The maximum absolute atomic E-state index is 14.5. The third-order valence-electron chi connectivity index (χ3n) is 5.01. The van der Waals surface area contributed by atoms with Crippen molar-refractivity contribution < 1.29 is 22.7 Å². The first-order valence-corrected chi connectivity index (χ1v) is 10.1. The minimum atomic E-state index is -1.01. The Morgan fingerprint density at radius 3 is 2.39 bits per heavy atom. The summed E-state index contributed by atoms with van der Waals surface area (Å²) in [5, 5.41) is 11.4. The molecule has 0 amide bonds. The summed E-state index contributed by atoms with van der Waals surface area (Å²) < 4.78 is 48.8. The van der Waals surface area contributed by atoms with Gasteiger partial charge >= 0.3 is 0 Å². The molecule has 0 spiro atoms. The molecule has 1 heterocycles. The molecule has 3 rings (SSSR count). The quantitative estimate of drug-likeness (QED) is 0.469. The van der Waals surface area contributed by atoms with Crippen molar-refractivity contribution in [2.75, 3.05) is 37.5 Å². The Morgan fingerprint density at radius 1 is 0.968 bits per heavy atom. The van der Waals surface area contributed by atoms with Crippen molar-refractivity contribution in [1.29, 1.82) is 0 Å². The van der Waals surface area contributed by atoms with Gasteiger partial charge in [-0.25, -0.2) is 13.2 Å². The summed E-state index contributed by atoms with van der Waals surface area (Å²) in [4.78, 5) is 14.4. The molecule has 0 unspecified atom stereocenters. The predicted octanol–water partition coefficient (Wildman–Crippen LogP) is 4.91. The highest BCUT2D eigenvalue weighted by molar-refractivity contribution is 5.91. The van der Waals surface area contributed by atoms with Crippen molar-refractivity contribution in [3.63, 3.8) is 0 Å². The van der Waals surface area contributed by atoms with Crippen LogP contribution in [0.1, 0.15) is 25.7 Å². The second kappa shape index (κ2) is 9.87. The predicted molar refractivity (Wildman–Crippen MR) is 116 cm³/mol. The number of hydrogen-bond donors (Lipinski definition) is 2. The van der Waals surface area contributed by atoms with Gasteiger partial charge in [0.1, 0.15) is 17.4 Å². The summed E-state index contributed by atoms with van der Waals surface area (Å²) in [7, 11) is 3.39. The lowest BCUT2D eigenvalue weighted by atomic mass is 10.1. The molecule has 2 aromatic carbocycles. The van der Waals surface area contributed by atoms with Crippen LogP contribution in [-0.2, 0) is 0 Å². The summed E-state index contributed by atoms with van der Waals surface area (Å²) in [5.41, 5.74) is -0.513. The van der Waals surface area contributed by atoms with Crippen molar-refractivity contribution in [3.05, 3.63) is 58.0 Å². The Bertz CT molecular complexity index is 1130. The van der Waals surface area contributed by atoms with E-state index >= 15 is 0 Å². The van der Waals surface area contributed by atoms with Gasteiger partial charge in [0.2, 0.25) is 0 Å². The van der Waals surface area contributed by atoms with Crippen LogP contribution >= 0.6 is 0 Å². The number of anilines is 2. The number of rotatable bonds is 9. The zero-order valence-electron chi connectivity index (χ0n) is 17.5. The van der Waals surface area contributed by atoms with Gasteiger partial charge in [0.25, 0.3) is 0 Å². The second-order valence-electron chi connectivity index (χ2n) is 7.52. The topological polar surface area (TPSA) is 65.7 Å². The summed E-state index contributed by atoms with van der Waals surface area (Å²) >= 11 is 0. The SMILES string of the molecule is CN(C)c1ccc(-c2cc(=O)c3c(NCCCCCCO)c(F)cc(F)c3o2)cc1F. The van der Waals surface area contributed by atoms with Crippen LogP contribution in [0.3, 0.4) is 0 Å². The Balaban J connectivity index is 1.97. The van der Waals surface area contributed by atoms with E-state index in [1.165, 1.54) is 12.1 Å². The normalized spacial score (nSPS) is 11.2. The summed E-state index contributed by atoms with van der Waals surface area (Å²) in [6, 6.07) is 6.07. The number of fused-ring (bicyclic) bond motifs is 1. The van der Waals surface area contributed by atoms with Crippen molar-refractivity contribution in [1.82, 2.24) is 0 Å². The zero-order chi connectivity index (χ0) is 22.5. The molecule has 166 valence electrons. The molecule has 0 saturated carbocycles. The van der Waals surface area contributed by atoms with Gasteiger partial charge in [-0.2, -0.15) is 0 Å². The molecule has 8 heteroatoms. The lowest BCUT2D eigenvalue weighted by molar-refractivity contribution is 0.283. The number of hydrogen-bond acceptors (Lipinski definition) is 5. The van der Waals surface area contributed by atoms with Gasteiger partial charge in [0, 0.05) is 44.9 Å². The fraction of sp³-hybridized carbons (Fsp3) is 0.348. The molecular weight excluding hydrogens is 409 g/mol. The molecule has 0 fully saturated rings. The molecule has 0 saturated heterocycles. The smallest absolute Gasteiger partial charge is 0.195 e. The lowest BCUT2D eigenvalue weighted by Gasteiger charge is -2.14. The van der Waals surface area contributed by atoms with Crippen LogP contribution in [0.2, 0.25) is 0 Å². The number of nitrogens with one attached hydrogen (secondary N) is 1. The van der Waals surface area contributed by atoms with Crippen molar-refractivity contribution in [3.8, 4) is 11.3 Å². The maximum atomic E-state index is 14.5. The van der Waals surface area contributed by atoms with Gasteiger partial charge in [0.15, 0.2) is 16.8 Å². The molecule has 0 bridgehead atoms. The Hall–Kier alpha value is -3.00. The van der Waals surface area contributed by atoms with Gasteiger partial charge in [-0.1, -0.05) is 12.8 Å². The molecule has 0 atom stereocenters. The highest BCUT2D eigenvalue weighted by atomic mass is 19.1. The standard InChI is InChI=1S/C23H25F3N2O3/c1-28(2)18-8-7-14(11-15(18)24)20-13-19(30)21-22(27-9-5-3-4-6-10-29)16(25)12-17(26)23(21)31-20/h7-8,11-13,27,29H,3-6,9-10H2,1-2H3. The monoisotopic (exact) mass is 434 g/mol. The van der Waals surface area contributed by atoms with E-state index in [0.29, 0.717) is 31.1 Å². The average molecular weight is 434 g/mol. The lowest BCUT2D eigenvalue weighted by Crippen LogP contribution is -2.11.